The molecule has 0 amide bonds. The summed E-state index contributed by atoms with van der Waals surface area (Å²) in [6.45, 7) is 1.73. The molecule has 0 heterocycles. The van der Waals surface area contributed by atoms with Crippen LogP contribution >= 0.6 is 0 Å². The van der Waals surface area contributed by atoms with Crippen LogP contribution in [0.3, 0.4) is 0 Å². The van der Waals surface area contributed by atoms with E-state index in [0.29, 0.717) is 6.42 Å². The Balaban J connectivity index is 3.28. The van der Waals surface area contributed by atoms with Crippen LogP contribution in [-0.4, -0.2) is 16.9 Å². The first-order chi connectivity index (χ1) is 4.16. The predicted molar refractivity (Wildman–Crippen MR) is 32.2 cm³/mol. The average Bonchev–Trinajstić information content (AvgIpc) is 1.83. The Kier molecular flexibility index (Phi) is 3.67. The van der Waals surface area contributed by atoms with Gasteiger partial charge in [0.1, 0.15) is 5.78 Å². The lowest BCUT2D eigenvalue weighted by atomic mass is 10.2. The molecule has 0 unspecified atom stereocenters. The van der Waals surface area contributed by atoms with E-state index in [1.54, 1.807) is 6.92 Å². The molecule has 0 fully saturated rings. The summed E-state index contributed by atoms with van der Waals surface area (Å²) in [6, 6.07) is 0. The van der Waals surface area contributed by atoms with Crippen molar-refractivity contribution in [2.45, 2.75) is 26.2 Å². The number of carboxylic acids is 1. The Hall–Kier alpha value is -0.860. The zero-order valence-electron chi connectivity index (χ0n) is 5.39. The van der Waals surface area contributed by atoms with Gasteiger partial charge in [0, 0.05) is 12.8 Å². The number of rotatable bonds is 4. The van der Waals surface area contributed by atoms with E-state index in [1.807, 2.05) is 0 Å². The first-order valence-corrected chi connectivity index (χ1v) is 2.90. The van der Waals surface area contributed by atoms with Gasteiger partial charge in [-0.05, 0) is 0 Å². The van der Waals surface area contributed by atoms with Crippen molar-refractivity contribution < 1.29 is 14.7 Å². The van der Waals surface area contributed by atoms with E-state index in [0.717, 1.165) is 0 Å². The second-order valence-electron chi connectivity index (χ2n) is 1.79. The molecule has 0 radical (unpaired) electrons. The monoisotopic (exact) mass is 130 g/mol. The van der Waals surface area contributed by atoms with Crippen LogP contribution in [0.4, 0.5) is 0 Å². The van der Waals surface area contributed by atoms with Gasteiger partial charge in [-0.2, -0.15) is 0 Å². The fourth-order valence-electron chi connectivity index (χ4n) is 0.423. The zero-order chi connectivity index (χ0) is 7.28. The third-order valence-corrected chi connectivity index (χ3v) is 1.01. The molecule has 9 heavy (non-hydrogen) atoms. The summed E-state index contributed by atoms with van der Waals surface area (Å²) in [5.41, 5.74) is 0. The van der Waals surface area contributed by atoms with Gasteiger partial charge >= 0.3 is 5.97 Å². The molecule has 52 valence electrons. The second-order valence-corrected chi connectivity index (χ2v) is 1.79. The Labute approximate surface area is 53.7 Å². The topological polar surface area (TPSA) is 54.4 Å². The minimum Gasteiger partial charge on any atom is -0.481 e. The quantitative estimate of drug-likeness (QED) is 0.613. The number of ketones is 1. The lowest BCUT2D eigenvalue weighted by molar-refractivity contribution is -0.138. The molecular weight excluding hydrogens is 120 g/mol. The smallest absolute Gasteiger partial charge is 0.303 e. The molecular formula is C6H10O3. The highest BCUT2D eigenvalue weighted by Crippen LogP contribution is 1.93. The molecule has 0 saturated carbocycles. The van der Waals surface area contributed by atoms with E-state index in [2.05, 4.69) is 0 Å². The highest BCUT2D eigenvalue weighted by atomic mass is 16.4. The summed E-state index contributed by atoms with van der Waals surface area (Å²) in [7, 11) is 0. The largest absolute Gasteiger partial charge is 0.481 e. The Bertz CT molecular complexity index is 117. The van der Waals surface area contributed by atoms with Crippen molar-refractivity contribution >= 4 is 11.8 Å². The Morgan fingerprint density at radius 3 is 2.22 bits per heavy atom. The molecule has 0 aromatic carbocycles. The highest BCUT2D eigenvalue weighted by molar-refractivity contribution is 5.82. The molecule has 0 aromatic rings. The van der Waals surface area contributed by atoms with Crippen molar-refractivity contribution in [3.05, 3.63) is 0 Å². The number of Topliss-reactive ketones (excluding diaryl/α,β-unsaturated/α-hetero) is 1. The zero-order valence-corrected chi connectivity index (χ0v) is 5.39. The van der Waals surface area contributed by atoms with Gasteiger partial charge in [0.05, 0.1) is 6.42 Å². The maximum absolute atomic E-state index is 10.5. The molecule has 0 saturated heterocycles. The summed E-state index contributed by atoms with van der Waals surface area (Å²) in [4.78, 5) is 20.3. The van der Waals surface area contributed by atoms with Gasteiger partial charge in [0.25, 0.3) is 0 Å². The van der Waals surface area contributed by atoms with Gasteiger partial charge in [0.2, 0.25) is 0 Å². The highest BCUT2D eigenvalue weighted by Gasteiger charge is 2.01. The number of carbonyl (C=O) groups is 2. The third kappa shape index (κ3) is 5.00. The average molecular weight is 130 g/mol. The Morgan fingerprint density at radius 1 is 1.33 bits per heavy atom. The molecule has 1 N–H and O–H groups in total. The number of hydrogen-bond acceptors (Lipinski definition) is 2. The summed E-state index contributed by atoms with van der Waals surface area (Å²) in [5, 5.41) is 8.11. The SMILES string of the molecule is CCC(=O)CCC(=O)O. The van der Waals surface area contributed by atoms with Crippen LogP contribution in [0.1, 0.15) is 26.2 Å². The molecule has 0 spiro atoms. The number of carboxylic acid groups (broad SMARTS) is 1. The number of hydrogen-bond donors (Lipinski definition) is 1. The molecule has 0 rings (SSSR count). The minimum absolute atomic E-state index is 0.0115. The normalized spacial score (nSPS) is 9.00. The van der Waals surface area contributed by atoms with Crippen LogP contribution in [-0.2, 0) is 9.59 Å². The van der Waals surface area contributed by atoms with E-state index in [1.165, 1.54) is 0 Å². The molecule has 0 bridgehead atoms. The first-order valence-electron chi connectivity index (χ1n) is 2.90. The standard InChI is InChI=1S/C6H10O3/c1-2-5(7)3-4-6(8)9/h2-4H2,1H3,(H,8,9). The van der Waals surface area contributed by atoms with Crippen molar-refractivity contribution in [2.24, 2.45) is 0 Å². The van der Waals surface area contributed by atoms with Crippen LogP contribution < -0.4 is 0 Å². The van der Waals surface area contributed by atoms with Crippen LogP contribution in [0.15, 0.2) is 0 Å². The van der Waals surface area contributed by atoms with Crippen molar-refractivity contribution in [3.63, 3.8) is 0 Å². The van der Waals surface area contributed by atoms with E-state index >= 15 is 0 Å². The molecule has 0 aliphatic rings. The van der Waals surface area contributed by atoms with Gasteiger partial charge in [-0.3, -0.25) is 9.59 Å². The lowest BCUT2D eigenvalue weighted by Crippen LogP contribution is -2.00. The lowest BCUT2D eigenvalue weighted by Gasteiger charge is -1.90. The van der Waals surface area contributed by atoms with Gasteiger partial charge in [-0.15, -0.1) is 0 Å². The fourth-order valence-corrected chi connectivity index (χ4v) is 0.423. The summed E-state index contributed by atoms with van der Waals surface area (Å²) in [6.07, 6.45) is 0.575. The molecule has 3 heteroatoms. The third-order valence-electron chi connectivity index (χ3n) is 1.01. The van der Waals surface area contributed by atoms with Gasteiger partial charge in [0.15, 0.2) is 0 Å². The van der Waals surface area contributed by atoms with Crippen LogP contribution in [0.5, 0.6) is 0 Å². The summed E-state index contributed by atoms with van der Waals surface area (Å²) >= 11 is 0. The van der Waals surface area contributed by atoms with Crippen molar-refractivity contribution in [1.82, 2.24) is 0 Å². The molecule has 3 nitrogen and oxygen atoms in total. The number of carbonyl (C=O) groups excluding carboxylic acids is 1. The first kappa shape index (κ1) is 8.14. The maximum atomic E-state index is 10.5. The van der Waals surface area contributed by atoms with Crippen LogP contribution in [0, 0.1) is 0 Å². The summed E-state index contributed by atoms with van der Waals surface area (Å²) < 4.78 is 0. The Morgan fingerprint density at radius 2 is 1.89 bits per heavy atom. The van der Waals surface area contributed by atoms with Crippen molar-refractivity contribution in [3.8, 4) is 0 Å². The summed E-state index contributed by atoms with van der Waals surface area (Å²) in [5.74, 6) is -0.894. The van der Waals surface area contributed by atoms with E-state index in [9.17, 15) is 9.59 Å². The molecule has 0 aliphatic carbocycles. The number of aliphatic carboxylic acids is 1. The minimum atomic E-state index is -0.906. The second kappa shape index (κ2) is 4.06. The molecule has 0 aliphatic heterocycles. The molecule has 0 atom stereocenters. The van der Waals surface area contributed by atoms with Gasteiger partial charge in [-0.1, -0.05) is 6.92 Å². The van der Waals surface area contributed by atoms with E-state index in [-0.39, 0.29) is 18.6 Å². The fraction of sp³-hybridized carbons (Fsp3) is 0.667. The van der Waals surface area contributed by atoms with E-state index < -0.39 is 5.97 Å². The van der Waals surface area contributed by atoms with Crippen LogP contribution in [0.2, 0.25) is 0 Å². The predicted octanol–water partition coefficient (Wildman–Crippen LogP) is 0.830. The van der Waals surface area contributed by atoms with Gasteiger partial charge in [-0.25, -0.2) is 0 Å². The molecule has 0 aromatic heterocycles. The van der Waals surface area contributed by atoms with Crippen molar-refractivity contribution in [2.75, 3.05) is 0 Å². The van der Waals surface area contributed by atoms with Crippen molar-refractivity contribution in [1.29, 1.82) is 0 Å². The maximum Gasteiger partial charge on any atom is 0.303 e. The van der Waals surface area contributed by atoms with Gasteiger partial charge < -0.3 is 5.11 Å². The van der Waals surface area contributed by atoms with Crippen LogP contribution in [0.25, 0.3) is 0 Å². The van der Waals surface area contributed by atoms with E-state index in [4.69, 9.17) is 5.11 Å².